The molecule has 0 aliphatic rings. The number of benzene rings is 3. The van der Waals surface area contributed by atoms with Crippen LogP contribution in [-0.2, 0) is 10.0 Å². The van der Waals surface area contributed by atoms with Gasteiger partial charge in [0.15, 0.2) is 5.11 Å². The monoisotopic (exact) mass is 454 g/mol. The van der Waals surface area contributed by atoms with Crippen LogP contribution < -0.4 is 20.2 Å². The molecule has 0 aromatic heterocycles. The van der Waals surface area contributed by atoms with Crippen molar-refractivity contribution in [1.29, 1.82) is 0 Å². The van der Waals surface area contributed by atoms with E-state index < -0.39 is 10.0 Å². The van der Waals surface area contributed by atoms with Crippen LogP contribution in [0.1, 0.15) is 12.5 Å². The number of hydrazone groups is 1. The molecular weight excluding hydrogens is 432 g/mol. The van der Waals surface area contributed by atoms with Crippen molar-refractivity contribution >= 4 is 44.4 Å². The fourth-order valence-corrected chi connectivity index (χ4v) is 3.85. The number of anilines is 2. The van der Waals surface area contributed by atoms with Crippen LogP contribution >= 0.6 is 12.2 Å². The summed E-state index contributed by atoms with van der Waals surface area (Å²) in [5.41, 5.74) is 5.50. The zero-order valence-corrected chi connectivity index (χ0v) is 18.6. The number of hydrogen-bond donors (Lipinski definition) is 3. The summed E-state index contributed by atoms with van der Waals surface area (Å²) >= 11 is 5.25. The second kappa shape index (κ2) is 10.1. The fraction of sp³-hybridized carbons (Fsp3) is 0.0909. The molecule has 3 aromatic carbocycles. The van der Waals surface area contributed by atoms with E-state index in [1.807, 2.05) is 30.3 Å². The lowest BCUT2D eigenvalue weighted by Crippen LogP contribution is -2.24. The minimum Gasteiger partial charge on any atom is -0.497 e. The topological polar surface area (TPSA) is 91.8 Å². The van der Waals surface area contributed by atoms with E-state index in [0.29, 0.717) is 16.5 Å². The van der Waals surface area contributed by atoms with Crippen molar-refractivity contribution in [2.45, 2.75) is 11.8 Å². The van der Waals surface area contributed by atoms with Gasteiger partial charge in [0.2, 0.25) is 0 Å². The Kier molecular flexibility index (Phi) is 7.22. The number of rotatable bonds is 7. The molecule has 0 aliphatic heterocycles. The van der Waals surface area contributed by atoms with Crippen LogP contribution in [-0.4, -0.2) is 26.4 Å². The normalized spacial score (nSPS) is 11.5. The van der Waals surface area contributed by atoms with E-state index in [2.05, 4.69) is 20.6 Å². The molecule has 3 aromatic rings. The second-order valence-corrected chi connectivity index (χ2v) is 8.58. The van der Waals surface area contributed by atoms with E-state index in [0.717, 1.165) is 17.0 Å². The van der Waals surface area contributed by atoms with Crippen LogP contribution in [0.2, 0.25) is 0 Å². The van der Waals surface area contributed by atoms with Gasteiger partial charge in [0, 0.05) is 11.4 Å². The Hall–Kier alpha value is -3.43. The van der Waals surface area contributed by atoms with E-state index in [9.17, 15) is 8.42 Å². The van der Waals surface area contributed by atoms with Gasteiger partial charge in [-0.1, -0.05) is 30.3 Å². The predicted molar refractivity (Wildman–Crippen MR) is 128 cm³/mol. The smallest absolute Gasteiger partial charge is 0.261 e. The quantitative estimate of drug-likeness (QED) is 0.281. The summed E-state index contributed by atoms with van der Waals surface area (Å²) in [5, 5.41) is 7.61. The number of methoxy groups -OCH3 is 1. The van der Waals surface area contributed by atoms with Gasteiger partial charge < -0.3 is 10.1 Å². The van der Waals surface area contributed by atoms with Gasteiger partial charge in [0.05, 0.1) is 17.7 Å². The summed E-state index contributed by atoms with van der Waals surface area (Å²) in [6, 6.07) is 22.5. The average molecular weight is 455 g/mol. The first-order chi connectivity index (χ1) is 14.9. The molecule has 160 valence electrons. The molecular formula is C22H22N4O3S2. The van der Waals surface area contributed by atoms with Crippen LogP contribution in [0.5, 0.6) is 5.75 Å². The lowest BCUT2D eigenvalue weighted by Gasteiger charge is -2.10. The van der Waals surface area contributed by atoms with Crippen LogP contribution in [0.3, 0.4) is 0 Å². The molecule has 0 atom stereocenters. The van der Waals surface area contributed by atoms with Gasteiger partial charge in [-0.2, -0.15) is 5.10 Å². The molecule has 0 fully saturated rings. The molecule has 0 bridgehead atoms. The van der Waals surface area contributed by atoms with E-state index in [1.165, 1.54) is 12.1 Å². The number of hydrogen-bond acceptors (Lipinski definition) is 5. The Balaban J connectivity index is 1.61. The highest BCUT2D eigenvalue weighted by molar-refractivity contribution is 7.92. The van der Waals surface area contributed by atoms with Crippen molar-refractivity contribution in [3.8, 4) is 5.75 Å². The maximum absolute atomic E-state index is 12.5. The third-order valence-corrected chi connectivity index (χ3v) is 5.87. The van der Waals surface area contributed by atoms with Gasteiger partial charge in [-0.3, -0.25) is 10.1 Å². The van der Waals surface area contributed by atoms with Gasteiger partial charge in [0.1, 0.15) is 5.75 Å². The Bertz CT molecular complexity index is 1160. The van der Waals surface area contributed by atoms with E-state index in [-0.39, 0.29) is 4.90 Å². The highest BCUT2D eigenvalue weighted by atomic mass is 32.2. The summed E-state index contributed by atoms with van der Waals surface area (Å²) in [6.07, 6.45) is 0. The van der Waals surface area contributed by atoms with Crippen LogP contribution in [0.4, 0.5) is 11.4 Å². The Morgan fingerprint density at radius 3 is 2.16 bits per heavy atom. The molecule has 7 nitrogen and oxygen atoms in total. The largest absolute Gasteiger partial charge is 0.497 e. The third kappa shape index (κ3) is 6.27. The molecule has 0 heterocycles. The van der Waals surface area contributed by atoms with Crippen molar-refractivity contribution < 1.29 is 13.2 Å². The number of ether oxygens (including phenoxy) is 1. The molecule has 0 radical (unpaired) electrons. The van der Waals surface area contributed by atoms with Crippen molar-refractivity contribution in [3.05, 3.63) is 84.4 Å². The van der Waals surface area contributed by atoms with Crippen molar-refractivity contribution in [1.82, 2.24) is 5.43 Å². The number of nitrogens with zero attached hydrogens (tertiary/aromatic N) is 1. The number of para-hydroxylation sites is 1. The molecule has 3 N–H and O–H groups in total. The first kappa shape index (κ1) is 22.3. The molecule has 3 rings (SSSR count). The van der Waals surface area contributed by atoms with Gasteiger partial charge >= 0.3 is 0 Å². The summed E-state index contributed by atoms with van der Waals surface area (Å²) < 4.78 is 32.7. The minimum absolute atomic E-state index is 0.164. The lowest BCUT2D eigenvalue weighted by atomic mass is 10.1. The number of nitrogens with one attached hydrogen (secondary N) is 3. The zero-order valence-electron chi connectivity index (χ0n) is 17.0. The SMILES string of the molecule is COc1ccc(NC(=S)NN=C(C)c2ccc(S(=O)(=O)Nc3ccccc3)cc2)cc1. The van der Waals surface area contributed by atoms with Crippen LogP contribution in [0, 0.1) is 0 Å². The highest BCUT2D eigenvalue weighted by Crippen LogP contribution is 2.17. The zero-order chi connectivity index (χ0) is 22.3. The molecule has 0 amide bonds. The van der Waals surface area contributed by atoms with Gasteiger partial charge in [-0.15, -0.1) is 0 Å². The molecule has 9 heteroatoms. The Morgan fingerprint density at radius 2 is 1.55 bits per heavy atom. The minimum atomic E-state index is -3.67. The first-order valence-corrected chi connectivity index (χ1v) is 11.2. The van der Waals surface area contributed by atoms with E-state index >= 15 is 0 Å². The second-order valence-electron chi connectivity index (χ2n) is 6.49. The summed E-state index contributed by atoms with van der Waals surface area (Å²) in [6.45, 7) is 1.80. The molecule has 0 saturated heterocycles. The Morgan fingerprint density at radius 1 is 0.903 bits per heavy atom. The van der Waals surface area contributed by atoms with Crippen molar-refractivity contribution in [2.24, 2.45) is 5.10 Å². The maximum Gasteiger partial charge on any atom is 0.261 e. The highest BCUT2D eigenvalue weighted by Gasteiger charge is 2.14. The molecule has 31 heavy (non-hydrogen) atoms. The maximum atomic E-state index is 12.5. The lowest BCUT2D eigenvalue weighted by molar-refractivity contribution is 0.415. The standard InChI is InChI=1S/C22H22N4O3S2/c1-16(24-25-22(30)23-18-10-12-20(29-2)13-11-18)17-8-14-21(15-9-17)31(27,28)26-19-6-4-3-5-7-19/h3-15,26H,1-2H3,(H2,23,25,30). The van der Waals surface area contributed by atoms with E-state index in [4.69, 9.17) is 17.0 Å². The first-order valence-electron chi connectivity index (χ1n) is 9.31. The van der Waals surface area contributed by atoms with Crippen LogP contribution in [0.15, 0.2) is 88.9 Å². The van der Waals surface area contributed by atoms with Gasteiger partial charge in [-0.25, -0.2) is 8.42 Å². The number of thiocarbonyl (C=S) groups is 1. The Labute approximate surface area is 187 Å². The molecule has 0 aliphatic carbocycles. The molecule has 0 saturated carbocycles. The molecule has 0 spiro atoms. The van der Waals surface area contributed by atoms with Crippen LogP contribution in [0.25, 0.3) is 0 Å². The number of sulfonamides is 1. The van der Waals surface area contributed by atoms with Crippen molar-refractivity contribution in [2.75, 3.05) is 17.1 Å². The molecule has 0 unspecified atom stereocenters. The summed E-state index contributed by atoms with van der Waals surface area (Å²) in [5.74, 6) is 0.753. The summed E-state index contributed by atoms with van der Waals surface area (Å²) in [4.78, 5) is 0.164. The predicted octanol–water partition coefficient (Wildman–Crippen LogP) is 4.21. The summed E-state index contributed by atoms with van der Waals surface area (Å²) in [7, 11) is -2.06. The van der Waals surface area contributed by atoms with Gasteiger partial charge in [-0.05, 0) is 73.2 Å². The third-order valence-electron chi connectivity index (χ3n) is 4.28. The van der Waals surface area contributed by atoms with E-state index in [1.54, 1.807) is 50.4 Å². The fourth-order valence-electron chi connectivity index (χ4n) is 2.63. The average Bonchev–Trinajstić information content (AvgIpc) is 2.78. The van der Waals surface area contributed by atoms with Gasteiger partial charge in [0.25, 0.3) is 10.0 Å². The van der Waals surface area contributed by atoms with Crippen molar-refractivity contribution in [3.63, 3.8) is 0 Å².